The lowest BCUT2D eigenvalue weighted by atomic mass is 9.93. The lowest BCUT2D eigenvalue weighted by Gasteiger charge is -2.39. The third-order valence-electron chi connectivity index (χ3n) is 5.81. The highest BCUT2D eigenvalue weighted by atomic mass is 16.5. The zero-order chi connectivity index (χ0) is 20.5. The minimum absolute atomic E-state index is 0.0269. The second-order valence-corrected chi connectivity index (χ2v) is 7.49. The fourth-order valence-corrected chi connectivity index (χ4v) is 4.43. The van der Waals surface area contributed by atoms with Crippen LogP contribution in [0.2, 0.25) is 0 Å². The molecule has 8 nitrogen and oxygen atoms in total. The van der Waals surface area contributed by atoms with Crippen LogP contribution in [0.5, 0.6) is 0 Å². The van der Waals surface area contributed by atoms with Crippen molar-refractivity contribution >= 4 is 17.8 Å². The molecule has 29 heavy (non-hydrogen) atoms. The standard InChI is InChI=1S/C21H24N4O4/c1-3-14-9-17(23-22-14)20(27)24-11-15-10-16(21(28)29-2)19(25(15)18(26)12-24)13-7-5-4-6-8-13/h4-9,15-16,19H,3,10-12H2,1-2H3,(H,22,23)/t15-,16-,19-/m0/s1. The van der Waals surface area contributed by atoms with Gasteiger partial charge in [-0.2, -0.15) is 5.10 Å². The average Bonchev–Trinajstić information content (AvgIpc) is 3.38. The third-order valence-corrected chi connectivity index (χ3v) is 5.81. The van der Waals surface area contributed by atoms with Gasteiger partial charge in [-0.25, -0.2) is 0 Å². The molecule has 2 saturated heterocycles. The van der Waals surface area contributed by atoms with Crippen LogP contribution in [0, 0.1) is 5.92 Å². The number of ether oxygens (including phenoxy) is 1. The summed E-state index contributed by atoms with van der Waals surface area (Å²) in [5.74, 6) is -1.23. The van der Waals surface area contributed by atoms with Gasteiger partial charge in [0.15, 0.2) is 0 Å². The molecule has 2 aliphatic rings. The number of carbonyl (C=O) groups is 3. The van der Waals surface area contributed by atoms with Crippen molar-refractivity contribution in [2.75, 3.05) is 20.2 Å². The quantitative estimate of drug-likeness (QED) is 0.792. The minimum atomic E-state index is -0.455. The van der Waals surface area contributed by atoms with Crippen molar-refractivity contribution in [2.24, 2.45) is 5.92 Å². The van der Waals surface area contributed by atoms with Crippen molar-refractivity contribution in [1.29, 1.82) is 0 Å². The molecule has 1 N–H and O–H groups in total. The van der Waals surface area contributed by atoms with Gasteiger partial charge in [0.05, 0.1) is 25.1 Å². The van der Waals surface area contributed by atoms with E-state index >= 15 is 0 Å². The summed E-state index contributed by atoms with van der Waals surface area (Å²) in [6, 6.07) is 10.6. The highest BCUT2D eigenvalue weighted by molar-refractivity contribution is 5.96. The number of nitrogens with zero attached hydrogens (tertiary/aromatic N) is 3. The molecule has 0 saturated carbocycles. The van der Waals surface area contributed by atoms with E-state index in [1.807, 2.05) is 37.3 Å². The third kappa shape index (κ3) is 3.39. The number of H-pyrrole nitrogens is 1. The van der Waals surface area contributed by atoms with Gasteiger partial charge in [0.2, 0.25) is 5.91 Å². The zero-order valence-corrected chi connectivity index (χ0v) is 16.5. The summed E-state index contributed by atoms with van der Waals surface area (Å²) in [5, 5.41) is 6.91. The van der Waals surface area contributed by atoms with Crippen LogP contribution in [0.15, 0.2) is 36.4 Å². The number of carbonyl (C=O) groups excluding carboxylic acids is 3. The fourth-order valence-electron chi connectivity index (χ4n) is 4.43. The number of hydrogen-bond donors (Lipinski definition) is 1. The van der Waals surface area contributed by atoms with Gasteiger partial charge in [-0.05, 0) is 24.5 Å². The number of benzene rings is 1. The first-order valence-corrected chi connectivity index (χ1v) is 9.81. The normalized spacial score (nSPS) is 23.8. The summed E-state index contributed by atoms with van der Waals surface area (Å²) in [4.78, 5) is 41.7. The van der Waals surface area contributed by atoms with Crippen molar-refractivity contribution in [2.45, 2.75) is 31.8 Å². The van der Waals surface area contributed by atoms with E-state index in [1.165, 1.54) is 12.0 Å². The van der Waals surface area contributed by atoms with E-state index in [1.54, 1.807) is 11.0 Å². The summed E-state index contributed by atoms with van der Waals surface area (Å²) < 4.78 is 5.01. The van der Waals surface area contributed by atoms with Crippen molar-refractivity contribution < 1.29 is 19.1 Å². The average molecular weight is 396 g/mol. The molecule has 2 aliphatic heterocycles. The van der Waals surface area contributed by atoms with Crippen molar-refractivity contribution in [1.82, 2.24) is 20.0 Å². The Labute approximate surface area is 168 Å². The highest BCUT2D eigenvalue weighted by Gasteiger charge is 2.51. The largest absolute Gasteiger partial charge is 0.469 e. The van der Waals surface area contributed by atoms with Crippen LogP contribution in [0.4, 0.5) is 0 Å². The summed E-state index contributed by atoms with van der Waals surface area (Å²) in [6.45, 7) is 2.32. The zero-order valence-electron chi connectivity index (χ0n) is 16.5. The van der Waals surface area contributed by atoms with Gasteiger partial charge in [-0.15, -0.1) is 0 Å². The Hall–Kier alpha value is -3.16. The van der Waals surface area contributed by atoms with Crippen LogP contribution < -0.4 is 0 Å². The van der Waals surface area contributed by atoms with Crippen LogP contribution in [0.3, 0.4) is 0 Å². The highest BCUT2D eigenvalue weighted by Crippen LogP contribution is 2.43. The van der Waals surface area contributed by atoms with Gasteiger partial charge in [0.1, 0.15) is 12.2 Å². The first-order valence-electron chi connectivity index (χ1n) is 9.81. The van der Waals surface area contributed by atoms with E-state index in [0.717, 1.165) is 17.7 Å². The number of piperazine rings is 1. The molecule has 1 aromatic heterocycles. The van der Waals surface area contributed by atoms with E-state index in [2.05, 4.69) is 10.2 Å². The Bertz CT molecular complexity index is 926. The van der Waals surface area contributed by atoms with E-state index < -0.39 is 5.92 Å². The number of aromatic nitrogens is 2. The van der Waals surface area contributed by atoms with Gasteiger partial charge >= 0.3 is 5.97 Å². The molecule has 3 heterocycles. The lowest BCUT2D eigenvalue weighted by molar-refractivity contribution is -0.147. The van der Waals surface area contributed by atoms with Crippen molar-refractivity contribution in [3.8, 4) is 0 Å². The lowest BCUT2D eigenvalue weighted by Crippen LogP contribution is -2.56. The Morgan fingerprint density at radius 3 is 2.69 bits per heavy atom. The molecule has 0 radical (unpaired) electrons. The predicted octanol–water partition coefficient (Wildman–Crippen LogP) is 1.56. The number of rotatable bonds is 4. The molecule has 3 atom stereocenters. The number of nitrogens with one attached hydrogen (secondary N) is 1. The molecule has 2 aromatic rings. The van der Waals surface area contributed by atoms with Gasteiger partial charge in [0.25, 0.3) is 5.91 Å². The number of aryl methyl sites for hydroxylation is 1. The van der Waals surface area contributed by atoms with Crippen LogP contribution in [0.25, 0.3) is 0 Å². The van der Waals surface area contributed by atoms with Crippen molar-refractivity contribution in [3.05, 3.63) is 53.3 Å². The molecule has 2 amide bonds. The van der Waals surface area contributed by atoms with Crippen molar-refractivity contribution in [3.63, 3.8) is 0 Å². The molecule has 0 aliphatic carbocycles. The number of fused-ring (bicyclic) bond motifs is 1. The van der Waals surface area contributed by atoms with E-state index in [0.29, 0.717) is 18.7 Å². The predicted molar refractivity (Wildman–Crippen MR) is 104 cm³/mol. The van der Waals surface area contributed by atoms with Crippen LogP contribution in [-0.2, 0) is 20.7 Å². The SMILES string of the molecule is CCc1cc(C(=O)N2CC(=O)N3[C@@H](C[C@H](C(=O)OC)[C@@H]3c3ccccc3)C2)n[nH]1. The summed E-state index contributed by atoms with van der Waals surface area (Å²) in [6.07, 6.45) is 1.21. The van der Waals surface area contributed by atoms with Gasteiger partial charge < -0.3 is 14.5 Å². The molecule has 2 fully saturated rings. The fraction of sp³-hybridized carbons (Fsp3) is 0.429. The number of methoxy groups -OCH3 is 1. The molecule has 8 heteroatoms. The van der Waals surface area contributed by atoms with Crippen LogP contribution >= 0.6 is 0 Å². The molecule has 0 spiro atoms. The number of amides is 2. The van der Waals surface area contributed by atoms with Gasteiger partial charge in [-0.3, -0.25) is 19.5 Å². The molecule has 0 unspecified atom stereocenters. The molecular formula is C21H24N4O4. The van der Waals surface area contributed by atoms with E-state index in [9.17, 15) is 14.4 Å². The Morgan fingerprint density at radius 1 is 1.28 bits per heavy atom. The maximum absolute atomic E-state index is 13.1. The molecule has 4 rings (SSSR count). The minimum Gasteiger partial charge on any atom is -0.469 e. The summed E-state index contributed by atoms with van der Waals surface area (Å²) in [5.41, 5.74) is 2.08. The van der Waals surface area contributed by atoms with Crippen LogP contribution in [-0.4, -0.2) is 64.0 Å². The van der Waals surface area contributed by atoms with Crippen LogP contribution in [0.1, 0.15) is 41.1 Å². The molecular weight excluding hydrogens is 372 g/mol. The second kappa shape index (κ2) is 7.69. The van der Waals surface area contributed by atoms with Gasteiger partial charge in [-0.1, -0.05) is 37.3 Å². The topological polar surface area (TPSA) is 95.6 Å². The Morgan fingerprint density at radius 2 is 2.03 bits per heavy atom. The smallest absolute Gasteiger partial charge is 0.311 e. The monoisotopic (exact) mass is 396 g/mol. The number of aromatic amines is 1. The summed E-state index contributed by atoms with van der Waals surface area (Å²) >= 11 is 0. The second-order valence-electron chi connectivity index (χ2n) is 7.49. The Balaban J connectivity index is 1.60. The van der Waals surface area contributed by atoms with Gasteiger partial charge in [0, 0.05) is 12.2 Å². The van der Waals surface area contributed by atoms with E-state index in [-0.39, 0.29) is 36.4 Å². The molecule has 1 aromatic carbocycles. The summed E-state index contributed by atoms with van der Waals surface area (Å²) in [7, 11) is 1.36. The first-order chi connectivity index (χ1) is 14.0. The maximum atomic E-state index is 13.1. The number of esters is 1. The van der Waals surface area contributed by atoms with E-state index in [4.69, 9.17) is 4.74 Å². The Kier molecular flexibility index (Phi) is 5.08. The number of hydrogen-bond acceptors (Lipinski definition) is 5. The maximum Gasteiger partial charge on any atom is 0.311 e. The molecule has 0 bridgehead atoms. The molecule has 152 valence electrons. The first kappa shape index (κ1) is 19.2.